The van der Waals surface area contributed by atoms with Crippen molar-refractivity contribution in [2.75, 3.05) is 5.75 Å². The van der Waals surface area contributed by atoms with Crippen molar-refractivity contribution < 1.29 is 9.18 Å². The van der Waals surface area contributed by atoms with Crippen LogP contribution in [0.15, 0.2) is 47.4 Å². The molecular weight excluding hydrogens is 321 g/mol. The van der Waals surface area contributed by atoms with Crippen molar-refractivity contribution in [1.29, 1.82) is 0 Å². The summed E-state index contributed by atoms with van der Waals surface area (Å²) in [6.45, 7) is 0. The second kappa shape index (κ2) is 6.60. The molecule has 1 amide bonds. The molecule has 24 heavy (non-hydrogen) atoms. The normalized spacial score (nSPS) is 22.4. The molecule has 2 nitrogen and oxygen atoms in total. The quantitative estimate of drug-likeness (QED) is 0.865. The number of thioether (sulfide) groups is 1. The molecule has 0 saturated heterocycles. The van der Waals surface area contributed by atoms with Crippen molar-refractivity contribution in [2.24, 2.45) is 0 Å². The van der Waals surface area contributed by atoms with Crippen LogP contribution >= 0.6 is 11.8 Å². The second-order valence-electron chi connectivity index (χ2n) is 6.52. The van der Waals surface area contributed by atoms with E-state index in [1.807, 2.05) is 18.2 Å². The summed E-state index contributed by atoms with van der Waals surface area (Å²) in [7, 11) is 0. The Hall–Kier alpha value is -1.81. The van der Waals surface area contributed by atoms with Crippen LogP contribution in [0.25, 0.3) is 0 Å². The number of nitrogens with one attached hydrogen (secondary N) is 1. The Morgan fingerprint density at radius 1 is 1.12 bits per heavy atom. The second-order valence-corrected chi connectivity index (χ2v) is 7.66. The van der Waals surface area contributed by atoms with E-state index in [0.29, 0.717) is 0 Å². The van der Waals surface area contributed by atoms with E-state index in [9.17, 15) is 9.18 Å². The lowest BCUT2D eigenvalue weighted by molar-refractivity contribution is -0.123. The molecule has 0 aromatic heterocycles. The zero-order chi connectivity index (χ0) is 16.5. The number of carbonyl (C=O) groups excluding carboxylic acids is 1. The van der Waals surface area contributed by atoms with Gasteiger partial charge in [-0.3, -0.25) is 4.79 Å². The highest BCUT2D eigenvalue weighted by Crippen LogP contribution is 2.38. The SMILES string of the molecule is O=C(NC1CCSc2ccc(F)cc21)C1CCCc2ccccc21. The number of hydrogen-bond acceptors (Lipinski definition) is 2. The number of benzene rings is 2. The standard InChI is InChI=1S/C20H20FNOS/c21-14-8-9-19-17(12-14)18(10-11-24-19)22-20(23)16-7-3-5-13-4-1-2-6-15(13)16/h1-2,4,6,8-9,12,16,18H,3,5,7,10-11H2,(H,22,23). The molecule has 1 aliphatic heterocycles. The van der Waals surface area contributed by atoms with Gasteiger partial charge in [-0.05, 0) is 60.6 Å². The Bertz CT molecular complexity index is 776. The highest BCUT2D eigenvalue weighted by molar-refractivity contribution is 7.99. The molecule has 2 aromatic carbocycles. The summed E-state index contributed by atoms with van der Waals surface area (Å²) in [5.41, 5.74) is 3.36. The molecule has 4 rings (SSSR count). The van der Waals surface area contributed by atoms with Crippen molar-refractivity contribution in [3.05, 3.63) is 65.0 Å². The first-order chi connectivity index (χ1) is 11.7. The summed E-state index contributed by atoms with van der Waals surface area (Å²) in [6.07, 6.45) is 3.83. The minimum atomic E-state index is -0.237. The number of hydrogen-bond donors (Lipinski definition) is 1. The van der Waals surface area contributed by atoms with Crippen LogP contribution in [0.4, 0.5) is 4.39 Å². The summed E-state index contributed by atoms with van der Waals surface area (Å²) in [6, 6.07) is 13.0. The molecule has 0 bridgehead atoms. The third-order valence-corrected chi connectivity index (χ3v) is 6.14. The van der Waals surface area contributed by atoms with Crippen LogP contribution in [0.2, 0.25) is 0 Å². The van der Waals surface area contributed by atoms with Gasteiger partial charge in [-0.1, -0.05) is 24.3 Å². The molecule has 0 saturated carbocycles. The monoisotopic (exact) mass is 341 g/mol. The van der Waals surface area contributed by atoms with Gasteiger partial charge < -0.3 is 5.32 Å². The summed E-state index contributed by atoms with van der Waals surface area (Å²) >= 11 is 1.73. The minimum Gasteiger partial charge on any atom is -0.349 e. The maximum Gasteiger partial charge on any atom is 0.228 e. The fourth-order valence-electron chi connectivity index (χ4n) is 3.81. The van der Waals surface area contributed by atoms with Gasteiger partial charge in [-0.15, -0.1) is 11.8 Å². The van der Waals surface area contributed by atoms with Crippen LogP contribution in [0, 0.1) is 5.82 Å². The van der Waals surface area contributed by atoms with E-state index in [0.717, 1.165) is 47.5 Å². The molecule has 2 atom stereocenters. The Morgan fingerprint density at radius 3 is 2.92 bits per heavy atom. The topological polar surface area (TPSA) is 29.1 Å². The molecule has 0 fully saturated rings. The van der Waals surface area contributed by atoms with E-state index in [1.54, 1.807) is 17.8 Å². The Labute approximate surface area is 145 Å². The number of carbonyl (C=O) groups is 1. The number of fused-ring (bicyclic) bond motifs is 2. The van der Waals surface area contributed by atoms with Crippen molar-refractivity contribution in [1.82, 2.24) is 5.32 Å². The molecule has 1 heterocycles. The summed E-state index contributed by atoms with van der Waals surface area (Å²) in [4.78, 5) is 14.0. The predicted molar refractivity (Wildman–Crippen MR) is 94.7 cm³/mol. The third kappa shape index (κ3) is 2.95. The van der Waals surface area contributed by atoms with Gasteiger partial charge in [0, 0.05) is 10.6 Å². The van der Waals surface area contributed by atoms with E-state index in [2.05, 4.69) is 17.4 Å². The van der Waals surface area contributed by atoms with Gasteiger partial charge in [0.15, 0.2) is 0 Å². The van der Waals surface area contributed by atoms with Gasteiger partial charge in [-0.2, -0.15) is 0 Å². The number of aryl methyl sites for hydroxylation is 1. The Kier molecular flexibility index (Phi) is 4.31. The maximum absolute atomic E-state index is 13.6. The Balaban J connectivity index is 1.57. The van der Waals surface area contributed by atoms with Gasteiger partial charge in [0.1, 0.15) is 5.82 Å². The van der Waals surface area contributed by atoms with Crippen LogP contribution < -0.4 is 5.32 Å². The van der Waals surface area contributed by atoms with E-state index in [4.69, 9.17) is 0 Å². The molecule has 2 aromatic rings. The summed E-state index contributed by atoms with van der Waals surface area (Å²) in [5, 5.41) is 3.19. The molecular formula is C20H20FNOS. The first-order valence-electron chi connectivity index (χ1n) is 8.53. The first-order valence-corrected chi connectivity index (χ1v) is 9.51. The zero-order valence-corrected chi connectivity index (χ0v) is 14.2. The average molecular weight is 341 g/mol. The van der Waals surface area contributed by atoms with Crippen LogP contribution in [0.1, 0.15) is 47.9 Å². The van der Waals surface area contributed by atoms with Gasteiger partial charge in [-0.25, -0.2) is 4.39 Å². The molecule has 124 valence electrons. The fourth-order valence-corrected chi connectivity index (χ4v) is 4.92. The highest BCUT2D eigenvalue weighted by Gasteiger charge is 2.29. The van der Waals surface area contributed by atoms with Gasteiger partial charge >= 0.3 is 0 Å². The van der Waals surface area contributed by atoms with Gasteiger partial charge in [0.2, 0.25) is 5.91 Å². The minimum absolute atomic E-state index is 0.0780. The molecule has 0 spiro atoms. The molecule has 0 radical (unpaired) electrons. The lowest BCUT2D eigenvalue weighted by Gasteiger charge is -2.30. The summed E-state index contributed by atoms with van der Waals surface area (Å²) < 4.78 is 13.6. The fraction of sp³-hybridized carbons (Fsp3) is 0.350. The highest BCUT2D eigenvalue weighted by atomic mass is 32.2. The van der Waals surface area contributed by atoms with Crippen molar-refractivity contribution in [3.8, 4) is 0 Å². The first kappa shape index (κ1) is 15.7. The van der Waals surface area contributed by atoms with Gasteiger partial charge in [0.05, 0.1) is 12.0 Å². The van der Waals surface area contributed by atoms with E-state index < -0.39 is 0 Å². The largest absolute Gasteiger partial charge is 0.349 e. The van der Waals surface area contributed by atoms with E-state index >= 15 is 0 Å². The van der Waals surface area contributed by atoms with Crippen molar-refractivity contribution in [3.63, 3.8) is 0 Å². The van der Waals surface area contributed by atoms with Crippen molar-refractivity contribution >= 4 is 17.7 Å². The Morgan fingerprint density at radius 2 is 2.00 bits per heavy atom. The number of amides is 1. The van der Waals surface area contributed by atoms with E-state index in [1.165, 1.54) is 11.6 Å². The lowest BCUT2D eigenvalue weighted by Crippen LogP contribution is -2.35. The molecule has 4 heteroatoms. The number of halogens is 1. The molecule has 1 aliphatic carbocycles. The van der Waals surface area contributed by atoms with Crippen molar-refractivity contribution in [2.45, 2.75) is 42.5 Å². The summed E-state index contributed by atoms with van der Waals surface area (Å²) in [5.74, 6) is 0.708. The third-order valence-electron chi connectivity index (χ3n) is 5.01. The van der Waals surface area contributed by atoms with Crippen LogP contribution in [0.5, 0.6) is 0 Å². The average Bonchev–Trinajstić information content (AvgIpc) is 2.61. The molecule has 2 aliphatic rings. The zero-order valence-electron chi connectivity index (χ0n) is 13.4. The predicted octanol–water partition coefficient (Wildman–Crippen LogP) is 4.60. The number of rotatable bonds is 2. The van der Waals surface area contributed by atoms with Crippen LogP contribution in [-0.2, 0) is 11.2 Å². The van der Waals surface area contributed by atoms with E-state index in [-0.39, 0.29) is 23.7 Å². The maximum atomic E-state index is 13.6. The van der Waals surface area contributed by atoms with Gasteiger partial charge in [0.25, 0.3) is 0 Å². The van der Waals surface area contributed by atoms with Crippen LogP contribution in [-0.4, -0.2) is 11.7 Å². The van der Waals surface area contributed by atoms with Crippen LogP contribution in [0.3, 0.4) is 0 Å². The smallest absolute Gasteiger partial charge is 0.228 e. The molecule has 2 unspecified atom stereocenters. The lowest BCUT2D eigenvalue weighted by atomic mass is 9.82. The molecule has 1 N–H and O–H groups in total.